The van der Waals surface area contributed by atoms with Crippen molar-refractivity contribution < 1.29 is 5.11 Å². The Balaban J connectivity index is 3.31. The third kappa shape index (κ3) is 1.93. The molecule has 1 rings (SSSR count). The Morgan fingerprint density at radius 2 is 1.86 bits per heavy atom. The van der Waals surface area contributed by atoms with Crippen LogP contribution >= 0.6 is 0 Å². The number of aromatic amines is 2. The molecule has 0 unspecified atom stereocenters. The number of nitrogens with one attached hydrogen (secondary N) is 2. The van der Waals surface area contributed by atoms with Crippen LogP contribution in [0.5, 0.6) is 0 Å². The first-order chi connectivity index (χ1) is 6.51. The van der Waals surface area contributed by atoms with Gasteiger partial charge < -0.3 is 10.1 Å². The number of aliphatic hydroxyl groups is 1. The average molecular weight is 198 g/mol. The monoisotopic (exact) mass is 198 g/mol. The number of hydrogen-bond acceptors (Lipinski definition) is 3. The normalized spacial score (nSPS) is 11.6. The van der Waals surface area contributed by atoms with Crippen molar-refractivity contribution in [1.29, 1.82) is 0 Å². The Labute approximate surface area is 80.8 Å². The SMILES string of the molecule is CCC(O)(CC)c1cc(=O)[nH]c(=O)[nH]1. The van der Waals surface area contributed by atoms with E-state index in [4.69, 9.17) is 0 Å². The lowest BCUT2D eigenvalue weighted by Gasteiger charge is -2.24. The van der Waals surface area contributed by atoms with Crippen LogP contribution in [0, 0.1) is 0 Å². The lowest BCUT2D eigenvalue weighted by molar-refractivity contribution is 0.0235. The van der Waals surface area contributed by atoms with Crippen LogP contribution in [0.1, 0.15) is 32.4 Å². The highest BCUT2D eigenvalue weighted by molar-refractivity contribution is 5.09. The molecule has 0 amide bonds. The van der Waals surface area contributed by atoms with Crippen molar-refractivity contribution in [2.24, 2.45) is 0 Å². The van der Waals surface area contributed by atoms with E-state index >= 15 is 0 Å². The number of rotatable bonds is 3. The molecule has 0 fully saturated rings. The van der Waals surface area contributed by atoms with Gasteiger partial charge in [-0.2, -0.15) is 0 Å². The standard InChI is InChI=1S/C9H14N2O3/c1-3-9(14,4-2)6-5-7(12)11-8(13)10-6/h5,14H,3-4H2,1-2H3,(H2,10,11,12,13). The lowest BCUT2D eigenvalue weighted by Crippen LogP contribution is -2.32. The lowest BCUT2D eigenvalue weighted by atomic mass is 9.93. The Kier molecular flexibility index (Phi) is 2.90. The second-order valence-corrected chi connectivity index (χ2v) is 3.24. The molecular weight excluding hydrogens is 184 g/mol. The summed E-state index contributed by atoms with van der Waals surface area (Å²) in [7, 11) is 0. The highest BCUT2D eigenvalue weighted by Gasteiger charge is 2.26. The summed E-state index contributed by atoms with van der Waals surface area (Å²) in [6.45, 7) is 3.59. The minimum absolute atomic E-state index is 0.274. The highest BCUT2D eigenvalue weighted by Crippen LogP contribution is 2.24. The van der Waals surface area contributed by atoms with Crippen LogP contribution in [0.15, 0.2) is 15.7 Å². The molecular formula is C9H14N2O3. The van der Waals surface area contributed by atoms with Crippen LogP contribution < -0.4 is 11.2 Å². The molecule has 1 aromatic heterocycles. The van der Waals surface area contributed by atoms with Crippen LogP contribution in [-0.4, -0.2) is 15.1 Å². The summed E-state index contributed by atoms with van der Waals surface area (Å²) in [6, 6.07) is 1.22. The van der Waals surface area contributed by atoms with Crippen molar-refractivity contribution in [3.05, 3.63) is 32.6 Å². The van der Waals surface area contributed by atoms with Crippen LogP contribution in [-0.2, 0) is 5.60 Å². The van der Waals surface area contributed by atoms with Gasteiger partial charge in [-0.1, -0.05) is 13.8 Å². The van der Waals surface area contributed by atoms with E-state index in [0.717, 1.165) is 0 Å². The Morgan fingerprint density at radius 1 is 1.29 bits per heavy atom. The van der Waals surface area contributed by atoms with Gasteiger partial charge in [-0.15, -0.1) is 0 Å². The molecule has 0 atom stereocenters. The van der Waals surface area contributed by atoms with Crippen molar-refractivity contribution in [2.75, 3.05) is 0 Å². The Morgan fingerprint density at radius 3 is 2.29 bits per heavy atom. The summed E-state index contributed by atoms with van der Waals surface area (Å²) in [5.41, 5.74) is -1.93. The maximum atomic E-state index is 11.0. The van der Waals surface area contributed by atoms with Crippen molar-refractivity contribution in [1.82, 2.24) is 9.97 Å². The van der Waals surface area contributed by atoms with E-state index < -0.39 is 16.9 Å². The van der Waals surface area contributed by atoms with Gasteiger partial charge in [-0.25, -0.2) is 4.79 Å². The van der Waals surface area contributed by atoms with E-state index in [0.29, 0.717) is 12.8 Å². The fraction of sp³-hybridized carbons (Fsp3) is 0.556. The predicted molar refractivity (Wildman–Crippen MR) is 52.2 cm³/mol. The molecule has 0 aliphatic heterocycles. The zero-order valence-corrected chi connectivity index (χ0v) is 8.26. The summed E-state index contributed by atoms with van der Waals surface area (Å²) in [5.74, 6) is 0. The second kappa shape index (κ2) is 3.79. The van der Waals surface area contributed by atoms with Crippen LogP contribution in [0.25, 0.3) is 0 Å². The fourth-order valence-electron chi connectivity index (χ4n) is 1.35. The molecule has 3 N–H and O–H groups in total. The molecule has 0 aliphatic rings. The summed E-state index contributed by atoms with van der Waals surface area (Å²) >= 11 is 0. The molecule has 0 radical (unpaired) electrons. The summed E-state index contributed by atoms with van der Waals surface area (Å²) in [4.78, 5) is 26.5. The van der Waals surface area contributed by atoms with Gasteiger partial charge >= 0.3 is 5.69 Å². The first-order valence-corrected chi connectivity index (χ1v) is 4.58. The summed E-state index contributed by atoms with van der Waals surface area (Å²) in [5, 5.41) is 10.0. The maximum Gasteiger partial charge on any atom is 0.325 e. The zero-order valence-electron chi connectivity index (χ0n) is 8.26. The van der Waals surface area contributed by atoms with E-state index in [1.807, 2.05) is 0 Å². The third-order valence-corrected chi connectivity index (χ3v) is 2.43. The van der Waals surface area contributed by atoms with E-state index in [1.54, 1.807) is 13.8 Å². The molecule has 0 saturated heterocycles. The largest absolute Gasteiger partial charge is 0.384 e. The molecule has 78 valence electrons. The summed E-state index contributed by atoms with van der Waals surface area (Å²) in [6.07, 6.45) is 0.895. The highest BCUT2D eigenvalue weighted by atomic mass is 16.3. The topological polar surface area (TPSA) is 85.9 Å². The van der Waals surface area contributed by atoms with Gasteiger partial charge in [0.05, 0.1) is 5.69 Å². The molecule has 0 saturated carbocycles. The van der Waals surface area contributed by atoms with Gasteiger partial charge in [0.2, 0.25) is 0 Å². The molecule has 14 heavy (non-hydrogen) atoms. The molecule has 0 spiro atoms. The first-order valence-electron chi connectivity index (χ1n) is 4.58. The van der Waals surface area contributed by atoms with Crippen molar-refractivity contribution >= 4 is 0 Å². The van der Waals surface area contributed by atoms with Crippen molar-refractivity contribution in [3.63, 3.8) is 0 Å². The Bertz CT molecular complexity index is 386. The molecule has 1 heterocycles. The number of aromatic nitrogens is 2. The molecule has 0 aromatic carbocycles. The first kappa shape index (κ1) is 10.7. The van der Waals surface area contributed by atoms with Gasteiger partial charge in [0.25, 0.3) is 5.56 Å². The molecule has 0 aliphatic carbocycles. The fourth-order valence-corrected chi connectivity index (χ4v) is 1.35. The van der Waals surface area contributed by atoms with Gasteiger partial charge in [0.15, 0.2) is 0 Å². The molecule has 0 bridgehead atoms. The van der Waals surface area contributed by atoms with E-state index in [1.165, 1.54) is 6.07 Å². The number of H-pyrrole nitrogens is 2. The van der Waals surface area contributed by atoms with Crippen LogP contribution in [0.3, 0.4) is 0 Å². The van der Waals surface area contributed by atoms with Gasteiger partial charge in [-0.3, -0.25) is 9.78 Å². The quantitative estimate of drug-likeness (QED) is 0.642. The summed E-state index contributed by atoms with van der Waals surface area (Å²) < 4.78 is 0. The molecule has 1 aromatic rings. The minimum atomic E-state index is -1.12. The molecule has 5 nitrogen and oxygen atoms in total. The molecule has 5 heteroatoms. The Hall–Kier alpha value is -1.36. The van der Waals surface area contributed by atoms with Crippen LogP contribution in [0.4, 0.5) is 0 Å². The smallest absolute Gasteiger partial charge is 0.325 e. The van der Waals surface area contributed by atoms with Crippen molar-refractivity contribution in [2.45, 2.75) is 32.3 Å². The third-order valence-electron chi connectivity index (χ3n) is 2.43. The second-order valence-electron chi connectivity index (χ2n) is 3.24. The minimum Gasteiger partial charge on any atom is -0.384 e. The van der Waals surface area contributed by atoms with Gasteiger partial charge in [-0.05, 0) is 12.8 Å². The van der Waals surface area contributed by atoms with E-state index in [-0.39, 0.29) is 5.69 Å². The maximum absolute atomic E-state index is 11.0. The van der Waals surface area contributed by atoms with E-state index in [2.05, 4.69) is 9.97 Å². The predicted octanol–water partition coefficient (Wildman–Crippen LogP) is 0.0708. The van der Waals surface area contributed by atoms with E-state index in [9.17, 15) is 14.7 Å². The average Bonchev–Trinajstić information content (AvgIpc) is 2.15. The van der Waals surface area contributed by atoms with Crippen LogP contribution in [0.2, 0.25) is 0 Å². The van der Waals surface area contributed by atoms with Gasteiger partial charge in [0.1, 0.15) is 5.60 Å². The van der Waals surface area contributed by atoms with Crippen molar-refractivity contribution in [3.8, 4) is 0 Å². The number of hydrogen-bond donors (Lipinski definition) is 3. The zero-order chi connectivity index (χ0) is 10.8. The van der Waals surface area contributed by atoms with Gasteiger partial charge in [0, 0.05) is 6.07 Å².